The predicted octanol–water partition coefficient (Wildman–Crippen LogP) is 3.92. The van der Waals surface area contributed by atoms with Crippen LogP contribution < -0.4 is 4.74 Å². The SMILES string of the molecule is COc1c(-c2ccc(C(=O)O)cc2)ccc2cc(O)ccc12. The van der Waals surface area contributed by atoms with Gasteiger partial charge in [-0.15, -0.1) is 0 Å². The highest BCUT2D eigenvalue weighted by atomic mass is 16.5. The third kappa shape index (κ3) is 2.35. The van der Waals surface area contributed by atoms with Gasteiger partial charge in [0.1, 0.15) is 11.5 Å². The molecule has 0 spiro atoms. The number of ether oxygens (including phenoxy) is 1. The van der Waals surface area contributed by atoms with Crippen LogP contribution >= 0.6 is 0 Å². The number of benzene rings is 3. The van der Waals surface area contributed by atoms with Crippen molar-refractivity contribution in [3.05, 3.63) is 60.2 Å². The normalized spacial score (nSPS) is 10.6. The molecule has 2 N–H and O–H groups in total. The zero-order valence-corrected chi connectivity index (χ0v) is 11.9. The number of aromatic carboxylic acids is 1. The maximum atomic E-state index is 10.9. The van der Waals surface area contributed by atoms with Crippen LogP contribution in [0.3, 0.4) is 0 Å². The van der Waals surface area contributed by atoms with Crippen molar-refractivity contribution in [1.82, 2.24) is 0 Å². The number of carboxylic acid groups (broad SMARTS) is 1. The maximum absolute atomic E-state index is 10.9. The van der Waals surface area contributed by atoms with E-state index in [2.05, 4.69) is 0 Å². The van der Waals surface area contributed by atoms with Crippen LogP contribution in [-0.2, 0) is 0 Å². The zero-order valence-electron chi connectivity index (χ0n) is 11.9. The summed E-state index contributed by atoms with van der Waals surface area (Å²) in [5.41, 5.74) is 1.99. The summed E-state index contributed by atoms with van der Waals surface area (Å²) in [6.07, 6.45) is 0. The standard InChI is InChI=1S/C18H14O4/c1-22-17-15(11-2-4-12(5-3-11)18(20)21)8-6-13-10-14(19)7-9-16(13)17/h2-10,19H,1H3,(H,20,21). The molecule has 4 nitrogen and oxygen atoms in total. The van der Waals surface area contributed by atoms with Gasteiger partial charge >= 0.3 is 5.97 Å². The summed E-state index contributed by atoms with van der Waals surface area (Å²) in [5.74, 6) is -0.0545. The van der Waals surface area contributed by atoms with E-state index in [1.165, 1.54) is 0 Å². The zero-order chi connectivity index (χ0) is 15.7. The smallest absolute Gasteiger partial charge is 0.335 e. The molecule has 0 aliphatic rings. The third-order valence-corrected chi connectivity index (χ3v) is 3.60. The minimum absolute atomic E-state index is 0.202. The van der Waals surface area contributed by atoms with E-state index in [9.17, 15) is 9.90 Å². The van der Waals surface area contributed by atoms with Crippen molar-refractivity contribution in [2.75, 3.05) is 7.11 Å². The molecule has 3 aromatic rings. The van der Waals surface area contributed by atoms with Crippen LogP contribution in [-0.4, -0.2) is 23.3 Å². The van der Waals surface area contributed by atoms with Gasteiger partial charge in [0.25, 0.3) is 0 Å². The van der Waals surface area contributed by atoms with Crippen molar-refractivity contribution in [2.24, 2.45) is 0 Å². The van der Waals surface area contributed by atoms with Crippen molar-refractivity contribution in [1.29, 1.82) is 0 Å². The second kappa shape index (κ2) is 5.41. The van der Waals surface area contributed by atoms with Crippen molar-refractivity contribution >= 4 is 16.7 Å². The minimum atomic E-state index is -0.951. The summed E-state index contributed by atoms with van der Waals surface area (Å²) in [6.45, 7) is 0. The van der Waals surface area contributed by atoms with E-state index in [4.69, 9.17) is 9.84 Å². The first kappa shape index (κ1) is 13.9. The molecule has 4 heteroatoms. The average Bonchev–Trinajstić information content (AvgIpc) is 2.53. The van der Waals surface area contributed by atoms with Gasteiger partial charge in [-0.2, -0.15) is 0 Å². The van der Waals surface area contributed by atoms with Crippen LogP contribution in [0.15, 0.2) is 54.6 Å². The number of methoxy groups -OCH3 is 1. The molecule has 0 bridgehead atoms. The number of rotatable bonds is 3. The summed E-state index contributed by atoms with van der Waals surface area (Å²) >= 11 is 0. The predicted molar refractivity (Wildman–Crippen MR) is 84.6 cm³/mol. The molecule has 3 aromatic carbocycles. The largest absolute Gasteiger partial charge is 0.508 e. The lowest BCUT2D eigenvalue weighted by Crippen LogP contribution is -1.95. The molecule has 22 heavy (non-hydrogen) atoms. The Hall–Kier alpha value is -3.01. The Morgan fingerprint density at radius 1 is 1.00 bits per heavy atom. The van der Waals surface area contributed by atoms with Gasteiger partial charge in [0.2, 0.25) is 0 Å². The van der Waals surface area contributed by atoms with Gasteiger partial charge in [-0.25, -0.2) is 4.79 Å². The summed E-state index contributed by atoms with van der Waals surface area (Å²) in [6, 6.07) is 15.5. The Morgan fingerprint density at radius 3 is 2.36 bits per heavy atom. The molecule has 0 fully saturated rings. The summed E-state index contributed by atoms with van der Waals surface area (Å²) in [4.78, 5) is 10.9. The van der Waals surface area contributed by atoms with Crippen molar-refractivity contribution in [3.8, 4) is 22.6 Å². The third-order valence-electron chi connectivity index (χ3n) is 3.60. The fourth-order valence-corrected chi connectivity index (χ4v) is 2.53. The molecular formula is C18H14O4. The summed E-state index contributed by atoms with van der Waals surface area (Å²) in [5, 5.41) is 20.3. The average molecular weight is 294 g/mol. The van der Waals surface area contributed by atoms with Crippen molar-refractivity contribution in [3.63, 3.8) is 0 Å². The fourth-order valence-electron chi connectivity index (χ4n) is 2.53. The lowest BCUT2D eigenvalue weighted by atomic mass is 9.98. The molecule has 0 unspecified atom stereocenters. The fraction of sp³-hybridized carbons (Fsp3) is 0.0556. The first-order valence-electron chi connectivity index (χ1n) is 6.73. The van der Waals surface area contributed by atoms with Gasteiger partial charge in [0.15, 0.2) is 0 Å². The number of hydrogen-bond acceptors (Lipinski definition) is 3. The first-order chi connectivity index (χ1) is 10.6. The Morgan fingerprint density at radius 2 is 1.73 bits per heavy atom. The first-order valence-corrected chi connectivity index (χ1v) is 6.73. The highest BCUT2D eigenvalue weighted by Crippen LogP contribution is 2.37. The second-order valence-electron chi connectivity index (χ2n) is 4.93. The number of carbonyl (C=O) groups is 1. The second-order valence-corrected chi connectivity index (χ2v) is 4.93. The molecule has 0 atom stereocenters. The molecule has 110 valence electrons. The lowest BCUT2D eigenvalue weighted by Gasteiger charge is -2.12. The Bertz CT molecular complexity index is 851. The number of phenols is 1. The number of phenolic OH excluding ortho intramolecular Hbond substituents is 1. The van der Waals surface area contributed by atoms with Crippen LogP contribution in [0.25, 0.3) is 21.9 Å². The van der Waals surface area contributed by atoms with Gasteiger partial charge in [0.05, 0.1) is 12.7 Å². The molecule has 0 amide bonds. The quantitative estimate of drug-likeness (QED) is 0.768. The van der Waals surface area contributed by atoms with Crippen LogP contribution in [0.2, 0.25) is 0 Å². The van der Waals surface area contributed by atoms with Crippen LogP contribution in [0.5, 0.6) is 11.5 Å². The summed E-state index contributed by atoms with van der Waals surface area (Å²) < 4.78 is 5.53. The molecule has 0 aliphatic heterocycles. The van der Waals surface area contributed by atoms with Crippen LogP contribution in [0.4, 0.5) is 0 Å². The monoisotopic (exact) mass is 294 g/mol. The number of carboxylic acids is 1. The number of hydrogen-bond donors (Lipinski definition) is 2. The minimum Gasteiger partial charge on any atom is -0.508 e. The van der Waals surface area contributed by atoms with Gasteiger partial charge in [-0.3, -0.25) is 0 Å². The van der Waals surface area contributed by atoms with E-state index in [0.29, 0.717) is 5.75 Å². The summed E-state index contributed by atoms with van der Waals surface area (Å²) in [7, 11) is 1.59. The van der Waals surface area contributed by atoms with Gasteiger partial charge in [-0.1, -0.05) is 24.3 Å². The Balaban J connectivity index is 2.18. The van der Waals surface area contributed by atoms with Crippen LogP contribution in [0.1, 0.15) is 10.4 Å². The molecule has 0 aromatic heterocycles. The van der Waals surface area contributed by atoms with E-state index in [0.717, 1.165) is 21.9 Å². The van der Waals surface area contributed by atoms with Gasteiger partial charge in [-0.05, 0) is 41.3 Å². The number of fused-ring (bicyclic) bond motifs is 1. The molecule has 0 aliphatic carbocycles. The van der Waals surface area contributed by atoms with Crippen molar-refractivity contribution < 1.29 is 19.7 Å². The molecule has 0 saturated heterocycles. The highest BCUT2D eigenvalue weighted by Gasteiger charge is 2.11. The van der Waals surface area contributed by atoms with Crippen LogP contribution in [0, 0.1) is 0 Å². The topological polar surface area (TPSA) is 66.8 Å². The lowest BCUT2D eigenvalue weighted by molar-refractivity contribution is 0.0697. The van der Waals surface area contributed by atoms with E-state index >= 15 is 0 Å². The van der Waals surface area contributed by atoms with Gasteiger partial charge in [0, 0.05) is 10.9 Å². The van der Waals surface area contributed by atoms with E-state index in [-0.39, 0.29) is 11.3 Å². The van der Waals surface area contributed by atoms with E-state index < -0.39 is 5.97 Å². The Kier molecular flexibility index (Phi) is 3.43. The van der Waals surface area contributed by atoms with E-state index in [1.807, 2.05) is 12.1 Å². The molecular weight excluding hydrogens is 280 g/mol. The Labute approximate surface area is 127 Å². The molecule has 0 saturated carbocycles. The number of aromatic hydroxyl groups is 1. The molecule has 3 rings (SSSR count). The molecule has 0 radical (unpaired) electrons. The van der Waals surface area contributed by atoms with Gasteiger partial charge < -0.3 is 14.9 Å². The van der Waals surface area contributed by atoms with Crippen molar-refractivity contribution in [2.45, 2.75) is 0 Å². The molecule has 0 heterocycles. The maximum Gasteiger partial charge on any atom is 0.335 e. The highest BCUT2D eigenvalue weighted by molar-refractivity contribution is 5.96. The van der Waals surface area contributed by atoms with E-state index in [1.54, 1.807) is 49.6 Å².